The van der Waals surface area contributed by atoms with E-state index in [0.717, 1.165) is 58.7 Å². The number of nitrogens with zero attached hydrogens (tertiary/aromatic N) is 3. The number of fused-ring (bicyclic) bond motifs is 1. The van der Waals surface area contributed by atoms with Gasteiger partial charge in [-0.05, 0) is 43.4 Å². The van der Waals surface area contributed by atoms with Gasteiger partial charge in [-0.3, -0.25) is 0 Å². The summed E-state index contributed by atoms with van der Waals surface area (Å²) in [6.07, 6.45) is 0. The lowest BCUT2D eigenvalue weighted by Gasteiger charge is -2.34. The summed E-state index contributed by atoms with van der Waals surface area (Å²) in [5.74, 6) is 0.597. The topological polar surface area (TPSA) is 58.5 Å². The third kappa shape index (κ3) is 2.87. The molecule has 24 heavy (non-hydrogen) atoms. The van der Waals surface area contributed by atoms with E-state index in [1.807, 2.05) is 30.3 Å². The van der Waals surface area contributed by atoms with Gasteiger partial charge in [0.1, 0.15) is 5.52 Å². The molecule has 0 radical (unpaired) electrons. The molecule has 0 bridgehead atoms. The van der Waals surface area contributed by atoms with E-state index in [9.17, 15) is 0 Å². The van der Waals surface area contributed by atoms with E-state index in [2.05, 4.69) is 43.8 Å². The summed E-state index contributed by atoms with van der Waals surface area (Å²) < 4.78 is 6.84. The van der Waals surface area contributed by atoms with E-state index in [4.69, 9.17) is 10.2 Å². The van der Waals surface area contributed by atoms with E-state index < -0.39 is 0 Å². The van der Waals surface area contributed by atoms with Crippen molar-refractivity contribution in [2.45, 2.75) is 0 Å². The van der Waals surface area contributed by atoms with Gasteiger partial charge in [0.05, 0.1) is 11.4 Å². The first-order valence-corrected chi connectivity index (χ1v) is 8.79. The number of halogens is 1. The van der Waals surface area contributed by atoms with Crippen molar-refractivity contribution < 1.29 is 4.42 Å². The Labute approximate surface area is 149 Å². The van der Waals surface area contributed by atoms with Crippen LogP contribution in [0.5, 0.6) is 0 Å². The number of piperazine rings is 1. The van der Waals surface area contributed by atoms with Gasteiger partial charge in [0.15, 0.2) is 5.58 Å². The van der Waals surface area contributed by atoms with Gasteiger partial charge in [-0.2, -0.15) is 0 Å². The average molecular weight is 387 g/mol. The van der Waals surface area contributed by atoms with Crippen molar-refractivity contribution in [3.8, 4) is 11.5 Å². The number of nitrogen functional groups attached to an aromatic ring is 1. The van der Waals surface area contributed by atoms with Crippen LogP contribution < -0.4 is 10.6 Å². The van der Waals surface area contributed by atoms with Crippen LogP contribution in [0.1, 0.15) is 0 Å². The molecule has 5 nitrogen and oxygen atoms in total. The molecule has 1 fully saturated rings. The second-order valence-corrected chi connectivity index (χ2v) is 7.11. The normalized spacial score (nSPS) is 16.0. The van der Waals surface area contributed by atoms with Crippen LogP contribution in [-0.2, 0) is 0 Å². The Kier molecular flexibility index (Phi) is 3.94. The molecule has 0 amide bonds. The zero-order valence-electron chi connectivity index (χ0n) is 13.5. The monoisotopic (exact) mass is 386 g/mol. The number of likely N-dealkylation sites (N-methyl/N-ethyl adjacent to an activating group) is 1. The summed E-state index contributed by atoms with van der Waals surface area (Å²) in [5, 5.41) is 0. The smallest absolute Gasteiger partial charge is 0.227 e. The Hall–Kier alpha value is -2.05. The predicted molar refractivity (Wildman–Crippen MR) is 101 cm³/mol. The number of hydrogen-bond acceptors (Lipinski definition) is 5. The van der Waals surface area contributed by atoms with E-state index in [0.29, 0.717) is 5.89 Å². The van der Waals surface area contributed by atoms with Gasteiger partial charge in [-0.15, -0.1) is 0 Å². The summed E-state index contributed by atoms with van der Waals surface area (Å²) in [6, 6.07) is 11.9. The second kappa shape index (κ2) is 6.11. The lowest BCUT2D eigenvalue weighted by atomic mass is 10.1. The van der Waals surface area contributed by atoms with Gasteiger partial charge in [0.2, 0.25) is 5.89 Å². The lowest BCUT2D eigenvalue weighted by Crippen LogP contribution is -2.44. The van der Waals surface area contributed by atoms with Crippen LogP contribution in [0.25, 0.3) is 22.6 Å². The lowest BCUT2D eigenvalue weighted by molar-refractivity contribution is 0.313. The zero-order valence-corrected chi connectivity index (χ0v) is 15.1. The number of anilines is 2. The van der Waals surface area contributed by atoms with Gasteiger partial charge in [-0.1, -0.05) is 15.9 Å². The van der Waals surface area contributed by atoms with Crippen molar-refractivity contribution in [2.75, 3.05) is 43.9 Å². The van der Waals surface area contributed by atoms with Gasteiger partial charge in [0, 0.05) is 36.2 Å². The van der Waals surface area contributed by atoms with Gasteiger partial charge < -0.3 is 20.0 Å². The minimum atomic E-state index is 0.597. The molecule has 2 N–H and O–H groups in total. The Morgan fingerprint density at radius 2 is 1.88 bits per heavy atom. The summed E-state index contributed by atoms with van der Waals surface area (Å²) >= 11 is 3.46. The molecule has 4 rings (SSSR count). The molecular weight excluding hydrogens is 368 g/mol. The van der Waals surface area contributed by atoms with E-state index in [1.54, 1.807) is 0 Å². The number of benzene rings is 2. The largest absolute Gasteiger partial charge is 0.436 e. The Morgan fingerprint density at radius 1 is 1.08 bits per heavy atom. The molecule has 1 aliphatic heterocycles. The number of rotatable bonds is 2. The van der Waals surface area contributed by atoms with Crippen LogP contribution >= 0.6 is 15.9 Å². The minimum absolute atomic E-state index is 0.597. The highest BCUT2D eigenvalue weighted by atomic mass is 79.9. The molecule has 0 unspecified atom stereocenters. The highest BCUT2D eigenvalue weighted by Gasteiger charge is 2.17. The molecule has 1 aliphatic rings. The maximum absolute atomic E-state index is 6.31. The summed E-state index contributed by atoms with van der Waals surface area (Å²) in [4.78, 5) is 9.23. The molecule has 0 spiro atoms. The predicted octanol–water partition coefficient (Wildman–Crippen LogP) is 3.59. The van der Waals surface area contributed by atoms with Crippen LogP contribution in [0, 0.1) is 0 Å². The second-order valence-electron chi connectivity index (χ2n) is 6.19. The number of hydrogen-bond donors (Lipinski definition) is 1. The van der Waals surface area contributed by atoms with Gasteiger partial charge in [0.25, 0.3) is 0 Å². The Balaban J connectivity index is 1.65. The minimum Gasteiger partial charge on any atom is -0.436 e. The molecule has 2 heterocycles. The molecular formula is C18H19BrN4O. The third-order valence-electron chi connectivity index (χ3n) is 4.47. The molecule has 6 heteroatoms. The number of oxazole rings is 1. The average Bonchev–Trinajstić information content (AvgIpc) is 2.99. The Bertz CT molecular complexity index is 884. The standard InChI is InChI=1S/C18H19BrN4O/c1-22-6-8-23(9-7-22)16-4-2-12(10-14(16)20)18-21-15-11-13(19)3-5-17(15)24-18/h2-5,10-11H,6-9,20H2,1H3. The van der Waals surface area contributed by atoms with Crippen molar-refractivity contribution in [2.24, 2.45) is 0 Å². The van der Waals surface area contributed by atoms with Crippen LogP contribution in [0.15, 0.2) is 45.3 Å². The number of nitrogens with two attached hydrogens (primary N) is 1. The number of aromatic nitrogens is 1. The molecule has 124 valence electrons. The SMILES string of the molecule is CN1CCN(c2ccc(-c3nc4cc(Br)ccc4o3)cc2N)CC1. The van der Waals surface area contributed by atoms with Crippen molar-refractivity contribution in [3.05, 3.63) is 40.9 Å². The van der Waals surface area contributed by atoms with E-state index in [1.165, 1.54) is 0 Å². The van der Waals surface area contributed by atoms with Crippen LogP contribution in [0.3, 0.4) is 0 Å². The maximum Gasteiger partial charge on any atom is 0.227 e. The van der Waals surface area contributed by atoms with Crippen LogP contribution in [0.4, 0.5) is 11.4 Å². The molecule has 3 aromatic rings. The molecule has 0 atom stereocenters. The first-order valence-electron chi connectivity index (χ1n) is 7.99. The fraction of sp³-hybridized carbons (Fsp3) is 0.278. The van der Waals surface area contributed by atoms with Crippen molar-refractivity contribution >= 4 is 38.4 Å². The van der Waals surface area contributed by atoms with Gasteiger partial charge >= 0.3 is 0 Å². The summed E-state index contributed by atoms with van der Waals surface area (Å²) in [7, 11) is 2.15. The highest BCUT2D eigenvalue weighted by Crippen LogP contribution is 2.31. The Morgan fingerprint density at radius 3 is 2.62 bits per heavy atom. The molecule has 2 aromatic carbocycles. The van der Waals surface area contributed by atoms with E-state index in [-0.39, 0.29) is 0 Å². The van der Waals surface area contributed by atoms with Crippen LogP contribution in [0.2, 0.25) is 0 Å². The van der Waals surface area contributed by atoms with E-state index >= 15 is 0 Å². The highest BCUT2D eigenvalue weighted by molar-refractivity contribution is 9.10. The van der Waals surface area contributed by atoms with Crippen LogP contribution in [-0.4, -0.2) is 43.1 Å². The molecule has 1 aromatic heterocycles. The third-order valence-corrected chi connectivity index (χ3v) is 4.96. The maximum atomic E-state index is 6.31. The quantitative estimate of drug-likeness (QED) is 0.681. The fourth-order valence-corrected chi connectivity index (χ4v) is 3.40. The van der Waals surface area contributed by atoms with Crippen molar-refractivity contribution in [1.82, 2.24) is 9.88 Å². The summed E-state index contributed by atoms with van der Waals surface area (Å²) in [6.45, 7) is 4.11. The molecule has 0 aliphatic carbocycles. The van der Waals surface area contributed by atoms with Crippen molar-refractivity contribution in [3.63, 3.8) is 0 Å². The molecule has 1 saturated heterocycles. The van der Waals surface area contributed by atoms with Gasteiger partial charge in [-0.25, -0.2) is 4.98 Å². The molecule has 0 saturated carbocycles. The first kappa shape index (κ1) is 15.5. The zero-order chi connectivity index (χ0) is 16.7. The van der Waals surface area contributed by atoms with Crippen molar-refractivity contribution in [1.29, 1.82) is 0 Å². The first-order chi connectivity index (χ1) is 11.6. The summed E-state index contributed by atoms with van der Waals surface area (Å²) in [5.41, 5.74) is 10.7. The fourth-order valence-electron chi connectivity index (χ4n) is 3.05.